The molecule has 0 spiro atoms. The summed E-state index contributed by atoms with van der Waals surface area (Å²) < 4.78 is 0. The highest BCUT2D eigenvalue weighted by Crippen LogP contribution is 2.21. The van der Waals surface area contributed by atoms with E-state index in [4.69, 9.17) is 23.2 Å². The minimum atomic E-state index is -0.121. The fraction of sp³-hybridized carbons (Fsp3) is 0.263. The molecule has 7 heteroatoms. The molecule has 3 rings (SSSR count). The second kappa shape index (κ2) is 8.54. The van der Waals surface area contributed by atoms with Gasteiger partial charge in [0.1, 0.15) is 0 Å². The molecule has 1 aliphatic rings. The molecule has 1 N–H and O–H groups in total. The molecular weight excluding hydrogens is 373 g/mol. The van der Waals surface area contributed by atoms with Gasteiger partial charge in [-0.05, 0) is 24.3 Å². The zero-order valence-electron chi connectivity index (χ0n) is 14.1. The van der Waals surface area contributed by atoms with Crippen molar-refractivity contribution in [1.82, 2.24) is 9.80 Å². The molecule has 2 amide bonds. The molecule has 0 aromatic heterocycles. The van der Waals surface area contributed by atoms with Gasteiger partial charge in [-0.25, -0.2) is 0 Å². The molecule has 26 heavy (non-hydrogen) atoms. The summed E-state index contributed by atoms with van der Waals surface area (Å²) in [5, 5.41) is 3.78. The predicted molar refractivity (Wildman–Crippen MR) is 104 cm³/mol. The van der Waals surface area contributed by atoms with E-state index in [1.807, 2.05) is 17.0 Å². The number of amides is 2. The highest BCUT2D eigenvalue weighted by molar-refractivity contribution is 6.34. The first kappa shape index (κ1) is 18.7. The van der Waals surface area contributed by atoms with Crippen molar-refractivity contribution in [2.24, 2.45) is 0 Å². The average Bonchev–Trinajstić information content (AvgIpc) is 2.64. The van der Waals surface area contributed by atoms with Crippen LogP contribution < -0.4 is 5.32 Å². The molecule has 0 saturated carbocycles. The van der Waals surface area contributed by atoms with Crippen molar-refractivity contribution in [2.45, 2.75) is 0 Å². The van der Waals surface area contributed by atoms with Crippen molar-refractivity contribution in [3.8, 4) is 0 Å². The molecular formula is C19H19Cl2N3O2. The topological polar surface area (TPSA) is 52.7 Å². The Hall–Kier alpha value is -2.08. The molecule has 0 aliphatic carbocycles. The van der Waals surface area contributed by atoms with Gasteiger partial charge in [-0.1, -0.05) is 47.5 Å². The standard InChI is InChI=1S/C19H19Cl2N3O2/c20-15-6-2-1-5-14(15)19(26)24-11-9-23(10-12-24)13-18(25)22-17-8-4-3-7-16(17)21/h1-8H,9-13H2,(H,22,25). The molecule has 0 bridgehead atoms. The lowest BCUT2D eigenvalue weighted by Crippen LogP contribution is -2.50. The Kier molecular flexibility index (Phi) is 6.14. The third-order valence-electron chi connectivity index (χ3n) is 4.28. The second-order valence-corrected chi connectivity index (χ2v) is 6.89. The smallest absolute Gasteiger partial charge is 0.255 e. The van der Waals surface area contributed by atoms with Crippen LogP contribution in [0.4, 0.5) is 5.69 Å². The number of benzene rings is 2. The predicted octanol–water partition coefficient (Wildman–Crippen LogP) is 3.39. The van der Waals surface area contributed by atoms with Gasteiger partial charge in [0.05, 0.1) is 27.8 Å². The zero-order chi connectivity index (χ0) is 18.5. The quantitative estimate of drug-likeness (QED) is 0.868. The number of hydrogen-bond acceptors (Lipinski definition) is 3. The molecule has 0 radical (unpaired) electrons. The number of para-hydroxylation sites is 1. The Morgan fingerprint density at radius 1 is 0.885 bits per heavy atom. The Balaban J connectivity index is 1.51. The summed E-state index contributed by atoms with van der Waals surface area (Å²) in [5.74, 6) is -0.195. The van der Waals surface area contributed by atoms with E-state index in [9.17, 15) is 9.59 Å². The summed E-state index contributed by atoms with van der Waals surface area (Å²) in [6, 6.07) is 14.2. The summed E-state index contributed by atoms with van der Waals surface area (Å²) in [7, 11) is 0. The largest absolute Gasteiger partial charge is 0.336 e. The SMILES string of the molecule is O=C(CN1CCN(C(=O)c2ccccc2Cl)CC1)Nc1ccccc1Cl. The number of halogens is 2. The average molecular weight is 392 g/mol. The van der Waals surface area contributed by atoms with Crippen LogP contribution in [0.3, 0.4) is 0 Å². The lowest BCUT2D eigenvalue weighted by Gasteiger charge is -2.34. The van der Waals surface area contributed by atoms with E-state index < -0.39 is 0 Å². The van der Waals surface area contributed by atoms with Gasteiger partial charge in [-0.15, -0.1) is 0 Å². The summed E-state index contributed by atoms with van der Waals surface area (Å²) in [5.41, 5.74) is 1.12. The molecule has 1 aliphatic heterocycles. The van der Waals surface area contributed by atoms with E-state index in [2.05, 4.69) is 5.32 Å². The Morgan fingerprint density at radius 2 is 1.50 bits per heavy atom. The summed E-state index contributed by atoms with van der Waals surface area (Å²) in [6.45, 7) is 2.64. The maximum Gasteiger partial charge on any atom is 0.255 e. The molecule has 1 saturated heterocycles. The van der Waals surface area contributed by atoms with Crippen molar-refractivity contribution >= 4 is 40.7 Å². The second-order valence-electron chi connectivity index (χ2n) is 6.08. The highest BCUT2D eigenvalue weighted by atomic mass is 35.5. The lowest BCUT2D eigenvalue weighted by molar-refractivity contribution is -0.117. The third kappa shape index (κ3) is 4.55. The van der Waals surface area contributed by atoms with Crippen molar-refractivity contribution < 1.29 is 9.59 Å². The van der Waals surface area contributed by atoms with E-state index >= 15 is 0 Å². The number of nitrogens with zero attached hydrogens (tertiary/aromatic N) is 2. The summed E-state index contributed by atoms with van der Waals surface area (Å²) in [6.07, 6.45) is 0. The first-order valence-corrected chi connectivity index (χ1v) is 9.11. The van der Waals surface area contributed by atoms with E-state index in [1.54, 1.807) is 41.3 Å². The number of hydrogen-bond donors (Lipinski definition) is 1. The monoisotopic (exact) mass is 391 g/mol. The Labute approximate surface area is 162 Å². The van der Waals surface area contributed by atoms with Crippen molar-refractivity contribution in [3.63, 3.8) is 0 Å². The van der Waals surface area contributed by atoms with Crippen LogP contribution in [0.15, 0.2) is 48.5 Å². The molecule has 136 valence electrons. The fourth-order valence-corrected chi connectivity index (χ4v) is 3.27. The van der Waals surface area contributed by atoms with Crippen LogP contribution in [-0.4, -0.2) is 54.3 Å². The van der Waals surface area contributed by atoms with Crippen LogP contribution >= 0.6 is 23.2 Å². The van der Waals surface area contributed by atoms with Crippen LogP contribution in [0.25, 0.3) is 0 Å². The molecule has 1 fully saturated rings. The van der Waals surface area contributed by atoms with Gasteiger partial charge in [-0.3, -0.25) is 14.5 Å². The first-order valence-electron chi connectivity index (χ1n) is 8.35. The van der Waals surface area contributed by atoms with E-state index in [-0.39, 0.29) is 18.4 Å². The van der Waals surface area contributed by atoms with Gasteiger partial charge in [0.2, 0.25) is 5.91 Å². The molecule has 0 unspecified atom stereocenters. The van der Waals surface area contributed by atoms with Gasteiger partial charge >= 0.3 is 0 Å². The number of rotatable bonds is 4. The number of anilines is 1. The van der Waals surface area contributed by atoms with Gasteiger partial charge in [-0.2, -0.15) is 0 Å². The lowest BCUT2D eigenvalue weighted by atomic mass is 10.2. The minimum absolute atomic E-state index is 0.0734. The fourth-order valence-electron chi connectivity index (χ4n) is 2.87. The van der Waals surface area contributed by atoms with Gasteiger partial charge in [0, 0.05) is 26.2 Å². The summed E-state index contributed by atoms with van der Waals surface area (Å²) >= 11 is 12.2. The molecule has 2 aromatic carbocycles. The molecule has 0 atom stereocenters. The maximum atomic E-state index is 12.6. The van der Waals surface area contributed by atoms with Crippen LogP contribution in [0.5, 0.6) is 0 Å². The van der Waals surface area contributed by atoms with Crippen LogP contribution in [0, 0.1) is 0 Å². The van der Waals surface area contributed by atoms with E-state index in [0.29, 0.717) is 47.5 Å². The number of piperazine rings is 1. The molecule has 2 aromatic rings. The third-order valence-corrected chi connectivity index (χ3v) is 4.94. The minimum Gasteiger partial charge on any atom is -0.336 e. The Bertz CT molecular complexity index is 805. The van der Waals surface area contributed by atoms with E-state index in [1.165, 1.54) is 0 Å². The van der Waals surface area contributed by atoms with Gasteiger partial charge in [0.25, 0.3) is 5.91 Å². The number of nitrogens with one attached hydrogen (secondary N) is 1. The van der Waals surface area contributed by atoms with Gasteiger partial charge in [0.15, 0.2) is 0 Å². The maximum absolute atomic E-state index is 12.6. The number of carbonyl (C=O) groups is 2. The normalized spacial score (nSPS) is 14.9. The van der Waals surface area contributed by atoms with Crippen molar-refractivity contribution in [1.29, 1.82) is 0 Å². The van der Waals surface area contributed by atoms with Gasteiger partial charge < -0.3 is 10.2 Å². The highest BCUT2D eigenvalue weighted by Gasteiger charge is 2.24. The first-order chi connectivity index (χ1) is 12.5. The zero-order valence-corrected chi connectivity index (χ0v) is 15.6. The van der Waals surface area contributed by atoms with Crippen LogP contribution in [-0.2, 0) is 4.79 Å². The van der Waals surface area contributed by atoms with Crippen LogP contribution in [0.1, 0.15) is 10.4 Å². The van der Waals surface area contributed by atoms with Crippen molar-refractivity contribution in [3.05, 3.63) is 64.1 Å². The molecule has 1 heterocycles. The number of carbonyl (C=O) groups excluding carboxylic acids is 2. The summed E-state index contributed by atoms with van der Waals surface area (Å²) in [4.78, 5) is 28.5. The van der Waals surface area contributed by atoms with Crippen LogP contribution in [0.2, 0.25) is 10.0 Å². The van der Waals surface area contributed by atoms with Crippen molar-refractivity contribution in [2.75, 3.05) is 38.0 Å². The molecule has 5 nitrogen and oxygen atoms in total. The van der Waals surface area contributed by atoms with E-state index in [0.717, 1.165) is 0 Å². The Morgan fingerprint density at radius 3 is 2.15 bits per heavy atom.